The third kappa shape index (κ3) is 3.38. The first-order chi connectivity index (χ1) is 13.0. The van der Waals surface area contributed by atoms with Crippen molar-refractivity contribution in [2.24, 2.45) is 7.05 Å². The van der Waals surface area contributed by atoms with E-state index in [2.05, 4.69) is 5.10 Å². The molecule has 2 aliphatic heterocycles. The molecule has 8 nitrogen and oxygen atoms in total. The number of hydrogen-bond acceptors (Lipinski definition) is 6. The lowest BCUT2D eigenvalue weighted by Gasteiger charge is -2.25. The molecule has 0 unspecified atom stereocenters. The number of aliphatic hydroxyl groups is 1. The Kier molecular flexibility index (Phi) is 4.75. The zero-order chi connectivity index (χ0) is 19.0. The van der Waals surface area contributed by atoms with Gasteiger partial charge in [-0.15, -0.1) is 0 Å². The highest BCUT2D eigenvalue weighted by molar-refractivity contribution is 6.00. The maximum Gasteiger partial charge on any atom is 0.257 e. The SMILES string of the molecule is CN(C(=O)c1cn(C)nc1-c1ccc2c(c1)OCCCO2)[C@@H]1COC[C@H]1O. The van der Waals surface area contributed by atoms with Gasteiger partial charge in [0.05, 0.1) is 44.1 Å². The van der Waals surface area contributed by atoms with Crippen molar-refractivity contribution >= 4 is 5.91 Å². The molecule has 1 aromatic carbocycles. The van der Waals surface area contributed by atoms with Crippen molar-refractivity contribution in [3.8, 4) is 22.8 Å². The Morgan fingerprint density at radius 1 is 1.26 bits per heavy atom. The predicted octanol–water partition coefficient (Wildman–Crippen LogP) is 1.08. The molecule has 1 aromatic heterocycles. The second-order valence-electron chi connectivity index (χ2n) is 6.87. The van der Waals surface area contributed by atoms with E-state index in [-0.39, 0.29) is 18.6 Å². The molecule has 1 amide bonds. The van der Waals surface area contributed by atoms with E-state index in [1.54, 1.807) is 25.0 Å². The van der Waals surface area contributed by atoms with E-state index in [4.69, 9.17) is 14.2 Å². The van der Waals surface area contributed by atoms with Gasteiger partial charge in [-0.1, -0.05) is 0 Å². The van der Waals surface area contributed by atoms with Crippen LogP contribution in [0.5, 0.6) is 11.5 Å². The van der Waals surface area contributed by atoms with Crippen LogP contribution in [0.2, 0.25) is 0 Å². The summed E-state index contributed by atoms with van der Waals surface area (Å²) in [5, 5.41) is 14.5. The summed E-state index contributed by atoms with van der Waals surface area (Å²) in [7, 11) is 3.45. The molecule has 2 aromatic rings. The first-order valence-electron chi connectivity index (χ1n) is 9.01. The molecule has 0 aliphatic carbocycles. The quantitative estimate of drug-likeness (QED) is 0.867. The molecular weight excluding hydrogens is 350 g/mol. The Morgan fingerprint density at radius 3 is 2.78 bits per heavy atom. The number of aliphatic hydroxyl groups excluding tert-OH is 1. The first kappa shape index (κ1) is 17.8. The lowest BCUT2D eigenvalue weighted by molar-refractivity contribution is 0.0582. The number of aromatic nitrogens is 2. The molecule has 2 aliphatic rings. The van der Waals surface area contributed by atoms with Crippen molar-refractivity contribution in [1.82, 2.24) is 14.7 Å². The Morgan fingerprint density at radius 2 is 2.04 bits per heavy atom. The molecule has 1 fully saturated rings. The molecular formula is C19H23N3O5. The highest BCUT2D eigenvalue weighted by Crippen LogP contribution is 2.35. The summed E-state index contributed by atoms with van der Waals surface area (Å²) in [4.78, 5) is 14.6. The van der Waals surface area contributed by atoms with E-state index in [0.29, 0.717) is 42.6 Å². The summed E-state index contributed by atoms with van der Waals surface area (Å²) >= 11 is 0. The number of aryl methyl sites for hydroxylation is 1. The van der Waals surface area contributed by atoms with Crippen LogP contribution >= 0.6 is 0 Å². The minimum atomic E-state index is -0.683. The zero-order valence-electron chi connectivity index (χ0n) is 15.4. The van der Waals surface area contributed by atoms with Crippen molar-refractivity contribution in [2.45, 2.75) is 18.6 Å². The second kappa shape index (κ2) is 7.21. The molecule has 1 N–H and O–H groups in total. The van der Waals surface area contributed by atoms with Gasteiger partial charge in [0.2, 0.25) is 0 Å². The van der Waals surface area contributed by atoms with E-state index in [9.17, 15) is 9.90 Å². The van der Waals surface area contributed by atoms with Gasteiger partial charge in [0.1, 0.15) is 5.69 Å². The van der Waals surface area contributed by atoms with Gasteiger partial charge in [-0.2, -0.15) is 5.10 Å². The van der Waals surface area contributed by atoms with Crippen molar-refractivity contribution in [3.05, 3.63) is 30.0 Å². The molecule has 0 radical (unpaired) electrons. The van der Waals surface area contributed by atoms with Gasteiger partial charge in [0.25, 0.3) is 5.91 Å². The normalized spacial score (nSPS) is 21.7. The molecule has 0 saturated carbocycles. The largest absolute Gasteiger partial charge is 0.490 e. The van der Waals surface area contributed by atoms with Crippen LogP contribution in [0.4, 0.5) is 0 Å². The summed E-state index contributed by atoms with van der Waals surface area (Å²) in [5.74, 6) is 1.14. The van der Waals surface area contributed by atoms with Crippen LogP contribution < -0.4 is 9.47 Å². The summed E-state index contributed by atoms with van der Waals surface area (Å²) in [6.07, 6.45) is 1.84. The third-order valence-electron chi connectivity index (χ3n) is 4.92. The maximum absolute atomic E-state index is 13.1. The Labute approximate surface area is 157 Å². The van der Waals surface area contributed by atoms with Gasteiger partial charge in [-0.05, 0) is 18.2 Å². The molecule has 27 heavy (non-hydrogen) atoms. The van der Waals surface area contributed by atoms with Crippen LogP contribution in [0.15, 0.2) is 24.4 Å². The number of hydrogen-bond donors (Lipinski definition) is 1. The smallest absolute Gasteiger partial charge is 0.257 e. The molecule has 0 spiro atoms. The fraction of sp³-hybridized carbons (Fsp3) is 0.474. The Bertz CT molecular complexity index is 850. The second-order valence-corrected chi connectivity index (χ2v) is 6.87. The zero-order valence-corrected chi connectivity index (χ0v) is 15.4. The average Bonchev–Trinajstić information content (AvgIpc) is 3.18. The Balaban J connectivity index is 1.67. The van der Waals surface area contributed by atoms with Gasteiger partial charge in [-0.25, -0.2) is 0 Å². The summed E-state index contributed by atoms with van der Waals surface area (Å²) in [5.41, 5.74) is 1.81. The average molecular weight is 373 g/mol. The standard InChI is InChI=1S/C19H23N3O5/c1-21-9-13(19(24)22(2)14-10-25-11-15(14)23)18(20-21)12-4-5-16-17(8-12)27-7-3-6-26-16/h4-5,8-9,14-15,23H,3,6-7,10-11H2,1-2H3/t14-,15-/m1/s1. The van der Waals surface area contributed by atoms with Crippen LogP contribution in [0.3, 0.4) is 0 Å². The number of nitrogens with zero attached hydrogens (tertiary/aromatic N) is 3. The number of rotatable bonds is 3. The van der Waals surface area contributed by atoms with E-state index >= 15 is 0 Å². The molecule has 4 rings (SSSR count). The van der Waals surface area contributed by atoms with Crippen LogP contribution in [0.1, 0.15) is 16.8 Å². The van der Waals surface area contributed by atoms with E-state index in [1.165, 1.54) is 4.90 Å². The van der Waals surface area contributed by atoms with Crippen LogP contribution in [-0.2, 0) is 11.8 Å². The molecule has 3 heterocycles. The predicted molar refractivity (Wildman–Crippen MR) is 97.0 cm³/mol. The maximum atomic E-state index is 13.1. The van der Waals surface area contributed by atoms with Crippen LogP contribution in [-0.4, -0.2) is 71.3 Å². The highest BCUT2D eigenvalue weighted by atomic mass is 16.5. The lowest BCUT2D eigenvalue weighted by atomic mass is 10.1. The van der Waals surface area contributed by atoms with Gasteiger partial charge in [-0.3, -0.25) is 9.48 Å². The van der Waals surface area contributed by atoms with Crippen molar-refractivity contribution < 1.29 is 24.1 Å². The van der Waals surface area contributed by atoms with E-state index in [1.807, 2.05) is 18.2 Å². The fourth-order valence-corrected chi connectivity index (χ4v) is 3.41. The van der Waals surface area contributed by atoms with Crippen molar-refractivity contribution in [1.29, 1.82) is 0 Å². The minimum absolute atomic E-state index is 0.209. The summed E-state index contributed by atoms with van der Waals surface area (Å²) < 4.78 is 18.3. The molecule has 2 atom stereocenters. The number of carbonyl (C=O) groups excluding carboxylic acids is 1. The fourth-order valence-electron chi connectivity index (χ4n) is 3.41. The van der Waals surface area contributed by atoms with E-state index < -0.39 is 6.10 Å². The molecule has 144 valence electrons. The highest BCUT2D eigenvalue weighted by Gasteiger charge is 2.34. The number of benzene rings is 1. The van der Waals surface area contributed by atoms with Crippen LogP contribution in [0, 0.1) is 0 Å². The van der Waals surface area contributed by atoms with Gasteiger partial charge in [0, 0.05) is 32.3 Å². The minimum Gasteiger partial charge on any atom is -0.490 e. The summed E-state index contributed by atoms with van der Waals surface area (Å²) in [6, 6.07) is 5.21. The van der Waals surface area contributed by atoms with Crippen LogP contribution in [0.25, 0.3) is 11.3 Å². The number of fused-ring (bicyclic) bond motifs is 1. The van der Waals surface area contributed by atoms with Gasteiger partial charge >= 0.3 is 0 Å². The molecule has 8 heteroatoms. The number of amides is 1. The van der Waals surface area contributed by atoms with Gasteiger partial charge < -0.3 is 24.2 Å². The molecule has 1 saturated heterocycles. The summed E-state index contributed by atoms with van der Waals surface area (Å²) in [6.45, 7) is 1.77. The lowest BCUT2D eigenvalue weighted by Crippen LogP contribution is -2.44. The Hall–Kier alpha value is -2.58. The van der Waals surface area contributed by atoms with Crippen molar-refractivity contribution in [2.75, 3.05) is 33.5 Å². The number of carbonyl (C=O) groups is 1. The van der Waals surface area contributed by atoms with Gasteiger partial charge in [0.15, 0.2) is 11.5 Å². The number of likely N-dealkylation sites (N-methyl/N-ethyl adjacent to an activating group) is 1. The third-order valence-corrected chi connectivity index (χ3v) is 4.92. The number of ether oxygens (including phenoxy) is 3. The molecule has 0 bridgehead atoms. The van der Waals surface area contributed by atoms with Crippen molar-refractivity contribution in [3.63, 3.8) is 0 Å². The topological polar surface area (TPSA) is 86.1 Å². The monoisotopic (exact) mass is 373 g/mol. The first-order valence-corrected chi connectivity index (χ1v) is 9.01. The van der Waals surface area contributed by atoms with E-state index in [0.717, 1.165) is 12.0 Å².